The first-order valence-electron chi connectivity index (χ1n) is 11.1. The number of hydrogen-bond donors (Lipinski definition) is 4. The average molecular weight is 637 g/mol. The summed E-state index contributed by atoms with van der Waals surface area (Å²) in [6.07, 6.45) is -2.65. The molecule has 1 unspecified atom stereocenters. The molecule has 0 bridgehead atoms. The van der Waals surface area contributed by atoms with Crippen molar-refractivity contribution in [2.45, 2.75) is 56.3 Å². The van der Waals surface area contributed by atoms with Crippen LogP contribution in [0.2, 0.25) is 0 Å². The van der Waals surface area contributed by atoms with Gasteiger partial charge in [0.1, 0.15) is 5.82 Å². The minimum atomic E-state index is -4.20. The lowest BCUT2D eigenvalue weighted by Crippen LogP contribution is -2.37. The number of aliphatic hydroxyl groups is 2. The minimum Gasteiger partial charge on any atom is -0.464 e. The molecule has 0 radical (unpaired) electrons. The van der Waals surface area contributed by atoms with Crippen LogP contribution in [0, 0.1) is 9.39 Å². The van der Waals surface area contributed by atoms with Crippen molar-refractivity contribution in [2.24, 2.45) is 7.05 Å². The van der Waals surface area contributed by atoms with Crippen LogP contribution in [0.15, 0.2) is 29.1 Å². The van der Waals surface area contributed by atoms with Gasteiger partial charge in [-0.3, -0.25) is 14.1 Å². The molecule has 1 saturated carbocycles. The zero-order chi connectivity index (χ0) is 27.2. The second-order valence-electron chi connectivity index (χ2n) is 9.92. The monoisotopic (exact) mass is 637 g/mol. The van der Waals surface area contributed by atoms with Crippen molar-refractivity contribution in [2.75, 3.05) is 16.2 Å². The molecule has 1 fully saturated rings. The zero-order valence-electron chi connectivity index (χ0n) is 20.2. The van der Waals surface area contributed by atoms with Gasteiger partial charge in [-0.15, -0.1) is 0 Å². The van der Waals surface area contributed by atoms with Crippen molar-refractivity contribution in [3.8, 4) is 0 Å². The van der Waals surface area contributed by atoms with Gasteiger partial charge < -0.3 is 15.3 Å². The van der Waals surface area contributed by atoms with Crippen molar-refractivity contribution in [3.63, 3.8) is 0 Å². The third-order valence-electron chi connectivity index (χ3n) is 6.19. The Labute approximate surface area is 221 Å². The van der Waals surface area contributed by atoms with Gasteiger partial charge in [-0.2, -0.15) is 0 Å². The number of nitrogens with one attached hydrogen (secondary N) is 1. The van der Waals surface area contributed by atoms with Gasteiger partial charge in [0.2, 0.25) is 10.0 Å². The molecular formula is C23H29FIN3O7S. The fraction of sp³-hybridized carbons (Fsp3) is 0.478. The highest BCUT2D eigenvalue weighted by atomic mass is 127. The normalized spacial score (nSPS) is 15.9. The molecular weight excluding hydrogens is 608 g/mol. The molecule has 36 heavy (non-hydrogen) atoms. The van der Waals surface area contributed by atoms with Crippen molar-refractivity contribution in [1.29, 1.82) is 0 Å². The number of rotatable bonds is 8. The van der Waals surface area contributed by atoms with Crippen LogP contribution in [0.3, 0.4) is 0 Å². The summed E-state index contributed by atoms with van der Waals surface area (Å²) in [6.45, 7) is 4.71. The van der Waals surface area contributed by atoms with Gasteiger partial charge in [0.15, 0.2) is 5.82 Å². The number of nitrogens with zero attached hydrogens (tertiary/aromatic N) is 2. The van der Waals surface area contributed by atoms with E-state index in [-0.39, 0.29) is 36.2 Å². The van der Waals surface area contributed by atoms with E-state index in [1.807, 2.05) is 22.6 Å². The standard InChI is InChI=1S/C23H29FIN3O7S/c1-22(2,3)18-14(25)5-7-16(19(18)24)28(21(32)33)20-15(6-8-17(31)27(20)4)26-36(34,35)23(9-10-23)11-13(30)12-29/h5-8,13,26,29-30H,9-12H2,1-4H3,(H,32,33). The molecule has 1 aromatic carbocycles. The van der Waals surface area contributed by atoms with Gasteiger partial charge in [-0.05, 0) is 65.5 Å². The predicted octanol–water partition coefficient (Wildman–Crippen LogP) is 3.26. The maximum Gasteiger partial charge on any atom is 0.417 e. The number of aromatic nitrogens is 1. The summed E-state index contributed by atoms with van der Waals surface area (Å²) in [4.78, 5) is 25.5. The van der Waals surface area contributed by atoms with Crippen LogP contribution in [-0.2, 0) is 22.5 Å². The number of pyridine rings is 1. The van der Waals surface area contributed by atoms with E-state index in [1.165, 1.54) is 13.1 Å². The van der Waals surface area contributed by atoms with Crippen LogP contribution in [0.4, 0.5) is 26.4 Å². The summed E-state index contributed by atoms with van der Waals surface area (Å²) in [5.74, 6) is -1.20. The van der Waals surface area contributed by atoms with Gasteiger partial charge in [-0.25, -0.2) is 22.5 Å². The Balaban J connectivity index is 2.21. The number of sulfonamides is 1. The van der Waals surface area contributed by atoms with Crippen LogP contribution in [0.1, 0.15) is 45.6 Å². The molecule has 2 aromatic rings. The van der Waals surface area contributed by atoms with Crippen molar-refractivity contribution >= 4 is 55.9 Å². The van der Waals surface area contributed by atoms with Gasteiger partial charge in [0, 0.05) is 22.2 Å². The summed E-state index contributed by atoms with van der Waals surface area (Å²) in [7, 11) is -2.95. The molecule has 4 N–H and O–H groups in total. The lowest BCUT2D eigenvalue weighted by molar-refractivity contribution is 0.0858. The number of amides is 1. The predicted molar refractivity (Wildman–Crippen MR) is 142 cm³/mol. The zero-order valence-corrected chi connectivity index (χ0v) is 23.2. The maximum atomic E-state index is 15.8. The van der Waals surface area contributed by atoms with Crippen LogP contribution in [0.25, 0.3) is 0 Å². The van der Waals surface area contributed by atoms with Crippen LogP contribution in [0.5, 0.6) is 0 Å². The number of carbonyl (C=O) groups is 1. The Morgan fingerprint density at radius 1 is 1.28 bits per heavy atom. The number of benzene rings is 1. The molecule has 1 heterocycles. The quantitative estimate of drug-likeness (QED) is 0.325. The van der Waals surface area contributed by atoms with Crippen molar-refractivity contribution in [3.05, 3.63) is 49.6 Å². The molecule has 1 aromatic heterocycles. The smallest absolute Gasteiger partial charge is 0.417 e. The minimum absolute atomic E-state index is 0.219. The topological polar surface area (TPSA) is 149 Å². The molecule has 1 amide bonds. The van der Waals surface area contributed by atoms with E-state index in [4.69, 9.17) is 5.11 Å². The van der Waals surface area contributed by atoms with Crippen LogP contribution >= 0.6 is 22.6 Å². The second-order valence-corrected chi connectivity index (χ2v) is 13.2. The summed E-state index contributed by atoms with van der Waals surface area (Å²) in [6, 6.07) is 5.00. The SMILES string of the molecule is Cn1c(N(C(=O)O)c2ccc(I)c(C(C)(C)C)c2F)c(NS(=O)(=O)C2(CC(O)CO)CC2)ccc1=O. The Morgan fingerprint density at radius 3 is 2.39 bits per heavy atom. The number of halogens is 2. The molecule has 0 aliphatic heterocycles. The van der Waals surface area contributed by atoms with Gasteiger partial charge in [0.25, 0.3) is 5.56 Å². The van der Waals surface area contributed by atoms with E-state index in [0.29, 0.717) is 8.47 Å². The summed E-state index contributed by atoms with van der Waals surface area (Å²) >= 11 is 1.96. The Bertz CT molecular complexity index is 1350. The Morgan fingerprint density at radius 2 is 1.89 bits per heavy atom. The highest BCUT2D eigenvalue weighted by Crippen LogP contribution is 2.48. The second kappa shape index (κ2) is 9.91. The third-order valence-corrected chi connectivity index (χ3v) is 9.29. The molecule has 1 atom stereocenters. The van der Waals surface area contributed by atoms with E-state index in [0.717, 1.165) is 16.7 Å². The van der Waals surface area contributed by atoms with Crippen LogP contribution < -0.4 is 15.2 Å². The van der Waals surface area contributed by atoms with E-state index < -0.39 is 56.2 Å². The van der Waals surface area contributed by atoms with E-state index >= 15 is 4.39 Å². The Hall–Kier alpha value is -2.23. The van der Waals surface area contributed by atoms with Gasteiger partial charge in [0.05, 0.1) is 28.8 Å². The van der Waals surface area contributed by atoms with E-state index in [2.05, 4.69) is 4.72 Å². The molecule has 0 saturated heterocycles. The molecule has 13 heteroatoms. The van der Waals surface area contributed by atoms with E-state index in [1.54, 1.807) is 26.8 Å². The molecule has 0 spiro atoms. The molecule has 198 valence electrons. The number of hydrogen-bond acceptors (Lipinski definition) is 6. The molecule has 1 aliphatic rings. The first kappa shape index (κ1) is 28.3. The summed E-state index contributed by atoms with van der Waals surface area (Å²) < 4.78 is 44.9. The largest absolute Gasteiger partial charge is 0.464 e. The summed E-state index contributed by atoms with van der Waals surface area (Å²) in [5, 5.41) is 29.1. The van der Waals surface area contributed by atoms with Crippen LogP contribution in [-0.4, -0.2) is 51.9 Å². The molecule has 3 rings (SSSR count). The van der Waals surface area contributed by atoms with Gasteiger partial charge in [-0.1, -0.05) is 20.8 Å². The lowest BCUT2D eigenvalue weighted by atomic mass is 9.86. The highest BCUT2D eigenvalue weighted by Gasteiger charge is 2.55. The summed E-state index contributed by atoms with van der Waals surface area (Å²) in [5.41, 5.74) is -1.67. The van der Waals surface area contributed by atoms with Crippen molar-refractivity contribution < 1.29 is 32.9 Å². The number of carboxylic acid groups (broad SMARTS) is 1. The van der Waals surface area contributed by atoms with Gasteiger partial charge >= 0.3 is 6.09 Å². The number of anilines is 3. The number of aliphatic hydroxyl groups excluding tert-OH is 2. The fourth-order valence-electron chi connectivity index (χ4n) is 4.15. The van der Waals surface area contributed by atoms with Crippen molar-refractivity contribution in [1.82, 2.24) is 4.57 Å². The third kappa shape index (κ3) is 5.24. The lowest BCUT2D eigenvalue weighted by Gasteiger charge is -2.29. The van der Waals surface area contributed by atoms with E-state index in [9.17, 15) is 28.2 Å². The Kier molecular flexibility index (Phi) is 7.80. The first-order chi connectivity index (χ1) is 16.6. The maximum absolute atomic E-state index is 15.8. The average Bonchev–Trinajstić information content (AvgIpc) is 3.54. The molecule has 1 aliphatic carbocycles. The fourth-order valence-corrected chi connectivity index (χ4v) is 7.10. The first-order valence-corrected chi connectivity index (χ1v) is 13.7. The molecule has 10 nitrogen and oxygen atoms in total. The highest BCUT2D eigenvalue weighted by molar-refractivity contribution is 14.1.